The summed E-state index contributed by atoms with van der Waals surface area (Å²) < 4.78 is 13.0. The lowest BCUT2D eigenvalue weighted by molar-refractivity contribution is 0.0607. The number of hydrogen-bond donors (Lipinski definition) is 2. The van der Waals surface area contributed by atoms with Crippen LogP contribution in [0.5, 0.6) is 5.75 Å². The van der Waals surface area contributed by atoms with Gasteiger partial charge in [-0.1, -0.05) is 0 Å². The van der Waals surface area contributed by atoms with Crippen molar-refractivity contribution in [1.82, 2.24) is 19.4 Å². The summed E-state index contributed by atoms with van der Waals surface area (Å²) in [6.45, 7) is 6.50. The molecule has 1 aliphatic heterocycles. The van der Waals surface area contributed by atoms with Gasteiger partial charge >= 0.3 is 5.97 Å². The molecule has 4 aromatic rings. The van der Waals surface area contributed by atoms with Crippen molar-refractivity contribution in [2.24, 2.45) is 0 Å². The molecule has 11 heteroatoms. The molecule has 0 radical (unpaired) electrons. The highest BCUT2D eigenvalue weighted by atomic mass is 32.1. The molecule has 3 aromatic heterocycles. The van der Waals surface area contributed by atoms with Gasteiger partial charge in [0, 0.05) is 44.1 Å². The highest BCUT2D eigenvalue weighted by Gasteiger charge is 2.21. The Morgan fingerprint density at radius 3 is 2.72 bits per heavy atom. The predicted molar refractivity (Wildman–Crippen MR) is 143 cm³/mol. The highest BCUT2D eigenvalue weighted by molar-refractivity contribution is 7.12. The van der Waals surface area contributed by atoms with E-state index in [1.54, 1.807) is 0 Å². The van der Waals surface area contributed by atoms with Gasteiger partial charge in [0.1, 0.15) is 16.1 Å². The van der Waals surface area contributed by atoms with Gasteiger partial charge in [0.15, 0.2) is 5.82 Å². The number of rotatable bonds is 7. The van der Waals surface area contributed by atoms with Crippen molar-refractivity contribution in [1.29, 1.82) is 0 Å². The van der Waals surface area contributed by atoms with Crippen LogP contribution in [0.1, 0.15) is 16.6 Å². The van der Waals surface area contributed by atoms with Crippen LogP contribution in [0.25, 0.3) is 16.7 Å². The Bertz CT molecular complexity index is 1390. The van der Waals surface area contributed by atoms with Crippen molar-refractivity contribution in [3.8, 4) is 11.4 Å². The number of esters is 1. The van der Waals surface area contributed by atoms with Gasteiger partial charge in [-0.25, -0.2) is 9.78 Å². The van der Waals surface area contributed by atoms with Gasteiger partial charge in [-0.15, -0.1) is 11.3 Å². The Kier molecular flexibility index (Phi) is 6.66. The maximum absolute atomic E-state index is 12.2. The molecule has 0 amide bonds. The summed E-state index contributed by atoms with van der Waals surface area (Å²) in [6, 6.07) is 9.97. The molecule has 188 valence electrons. The number of anilines is 4. The molecule has 1 aliphatic rings. The van der Waals surface area contributed by atoms with E-state index in [4.69, 9.17) is 15.2 Å². The molecule has 10 nitrogen and oxygen atoms in total. The largest absolute Gasteiger partial charge is 0.492 e. The molecule has 5 rings (SSSR count). The van der Waals surface area contributed by atoms with Crippen molar-refractivity contribution in [2.75, 3.05) is 62.9 Å². The van der Waals surface area contributed by atoms with Crippen LogP contribution in [0.3, 0.4) is 0 Å². The van der Waals surface area contributed by atoms with Crippen LogP contribution in [0.2, 0.25) is 0 Å². The van der Waals surface area contributed by atoms with E-state index in [9.17, 15) is 4.79 Å². The smallest absolute Gasteiger partial charge is 0.350 e. The van der Waals surface area contributed by atoms with E-state index in [0.29, 0.717) is 28.5 Å². The van der Waals surface area contributed by atoms with E-state index in [0.717, 1.165) is 48.8 Å². The molecule has 0 unspecified atom stereocenters. The first-order valence-corrected chi connectivity index (χ1v) is 12.6. The number of ether oxygens (including phenoxy) is 2. The Morgan fingerprint density at radius 2 is 1.97 bits per heavy atom. The van der Waals surface area contributed by atoms with E-state index in [2.05, 4.69) is 50.3 Å². The van der Waals surface area contributed by atoms with E-state index >= 15 is 0 Å². The second kappa shape index (κ2) is 10.0. The number of carbonyl (C=O) groups excluding carboxylic acids is 1. The van der Waals surface area contributed by atoms with Crippen LogP contribution in [-0.2, 0) is 4.74 Å². The van der Waals surface area contributed by atoms with Gasteiger partial charge in [0.05, 0.1) is 30.6 Å². The molecular formula is C25H29N7O3S. The minimum absolute atomic E-state index is 0.132. The van der Waals surface area contributed by atoms with E-state index in [-0.39, 0.29) is 5.95 Å². The van der Waals surface area contributed by atoms with Gasteiger partial charge in [-0.05, 0) is 43.6 Å². The Balaban J connectivity index is 1.58. The normalized spacial score (nSPS) is 14.2. The Morgan fingerprint density at radius 1 is 1.17 bits per heavy atom. The maximum Gasteiger partial charge on any atom is 0.350 e. The third kappa shape index (κ3) is 4.54. The van der Waals surface area contributed by atoms with Crippen LogP contribution >= 0.6 is 11.3 Å². The summed E-state index contributed by atoms with van der Waals surface area (Å²) in [4.78, 5) is 26.3. The highest BCUT2D eigenvalue weighted by Crippen LogP contribution is 2.35. The van der Waals surface area contributed by atoms with Crippen molar-refractivity contribution in [3.05, 3.63) is 46.8 Å². The minimum Gasteiger partial charge on any atom is -0.492 e. The van der Waals surface area contributed by atoms with Gasteiger partial charge in [-0.2, -0.15) is 4.98 Å². The Labute approximate surface area is 213 Å². The summed E-state index contributed by atoms with van der Waals surface area (Å²) >= 11 is 1.29. The predicted octanol–water partition coefficient (Wildman–Crippen LogP) is 3.74. The SMILES string of the molecule is CCOc1cc(N2CCN(C)CC2)ccc1-n1ccc2nc(N)nc(Nc3ccsc3C(=O)OC)c21. The maximum atomic E-state index is 12.2. The third-order valence-electron chi connectivity index (χ3n) is 6.21. The van der Waals surface area contributed by atoms with Crippen molar-refractivity contribution < 1.29 is 14.3 Å². The number of fused-ring (bicyclic) bond motifs is 1. The van der Waals surface area contributed by atoms with E-state index < -0.39 is 5.97 Å². The average Bonchev–Trinajstić information content (AvgIpc) is 3.51. The second-order valence-corrected chi connectivity index (χ2v) is 9.42. The number of nitrogens with zero attached hydrogens (tertiary/aromatic N) is 5. The Hall–Kier alpha value is -3.83. The molecular weight excluding hydrogens is 478 g/mol. The first kappa shape index (κ1) is 23.9. The lowest BCUT2D eigenvalue weighted by atomic mass is 10.2. The summed E-state index contributed by atoms with van der Waals surface area (Å²) in [5.74, 6) is 0.962. The number of nitrogens with one attached hydrogen (secondary N) is 1. The van der Waals surface area contributed by atoms with Gasteiger partial charge in [0.25, 0.3) is 0 Å². The number of thiophene rings is 1. The van der Waals surface area contributed by atoms with Crippen LogP contribution in [-0.4, -0.2) is 72.3 Å². The van der Waals surface area contributed by atoms with E-state index in [1.807, 2.05) is 35.2 Å². The molecule has 1 fully saturated rings. The molecule has 0 aliphatic carbocycles. The van der Waals surface area contributed by atoms with Crippen molar-refractivity contribution in [3.63, 3.8) is 0 Å². The quantitative estimate of drug-likeness (QED) is 0.361. The zero-order chi connectivity index (χ0) is 25.2. The second-order valence-electron chi connectivity index (χ2n) is 8.51. The first-order chi connectivity index (χ1) is 17.5. The number of nitrogens with two attached hydrogens (primary N) is 1. The third-order valence-corrected chi connectivity index (χ3v) is 7.11. The lowest BCUT2D eigenvalue weighted by Crippen LogP contribution is -2.44. The van der Waals surface area contributed by atoms with Crippen LogP contribution in [0.15, 0.2) is 41.9 Å². The lowest BCUT2D eigenvalue weighted by Gasteiger charge is -2.34. The summed E-state index contributed by atoms with van der Waals surface area (Å²) in [6.07, 6.45) is 1.92. The fourth-order valence-electron chi connectivity index (χ4n) is 4.37. The molecule has 36 heavy (non-hydrogen) atoms. The molecule has 1 saturated heterocycles. The molecule has 0 saturated carbocycles. The molecule has 0 bridgehead atoms. The van der Waals surface area contributed by atoms with E-state index in [1.165, 1.54) is 18.4 Å². The number of carbonyl (C=O) groups is 1. The van der Waals surface area contributed by atoms with Crippen molar-refractivity contribution >= 4 is 51.5 Å². The average molecular weight is 508 g/mol. The van der Waals surface area contributed by atoms with Gasteiger partial charge < -0.3 is 34.9 Å². The zero-order valence-corrected chi connectivity index (χ0v) is 21.3. The first-order valence-electron chi connectivity index (χ1n) is 11.8. The standard InChI is InChI=1S/C25H29N7O3S/c1-4-35-20-15-16(31-12-10-30(2)11-13-31)5-6-19(20)32-9-7-17-21(32)23(29-25(26)28-17)27-18-8-14-36-22(18)24(33)34-3/h5-9,14-15H,4,10-13H2,1-3H3,(H3,26,27,28,29). The summed E-state index contributed by atoms with van der Waals surface area (Å²) in [7, 11) is 3.51. The zero-order valence-electron chi connectivity index (χ0n) is 20.5. The number of piperazine rings is 1. The fraction of sp³-hybridized carbons (Fsp3) is 0.320. The molecule has 3 N–H and O–H groups in total. The number of nitrogen functional groups attached to an aromatic ring is 1. The van der Waals surface area contributed by atoms with Gasteiger partial charge in [-0.3, -0.25) is 0 Å². The minimum atomic E-state index is -0.417. The molecule has 1 aromatic carbocycles. The number of hydrogen-bond acceptors (Lipinski definition) is 10. The number of likely N-dealkylation sites (N-methyl/N-ethyl adjacent to an activating group) is 1. The molecule has 0 spiro atoms. The number of methoxy groups -OCH3 is 1. The van der Waals surface area contributed by atoms with Crippen LogP contribution < -0.4 is 20.7 Å². The van der Waals surface area contributed by atoms with Crippen LogP contribution in [0.4, 0.5) is 23.1 Å². The monoisotopic (exact) mass is 507 g/mol. The fourth-order valence-corrected chi connectivity index (χ4v) is 5.14. The van der Waals surface area contributed by atoms with Crippen molar-refractivity contribution in [2.45, 2.75) is 6.92 Å². The number of aromatic nitrogens is 3. The van der Waals surface area contributed by atoms with Gasteiger partial charge in [0.2, 0.25) is 5.95 Å². The molecule has 4 heterocycles. The topological polar surface area (TPSA) is 111 Å². The summed E-state index contributed by atoms with van der Waals surface area (Å²) in [5, 5.41) is 5.09. The van der Waals surface area contributed by atoms with Crippen LogP contribution in [0, 0.1) is 0 Å². The number of benzene rings is 1. The molecule has 0 atom stereocenters. The summed E-state index contributed by atoms with van der Waals surface area (Å²) in [5.41, 5.74) is 10.00.